The average Bonchev–Trinajstić information content (AvgIpc) is 2.31. The van der Waals surface area contributed by atoms with E-state index in [1.165, 1.54) is 6.07 Å². The lowest BCUT2D eigenvalue weighted by molar-refractivity contribution is -0.139. The summed E-state index contributed by atoms with van der Waals surface area (Å²) in [5.74, 6) is -1.75. The van der Waals surface area contributed by atoms with Gasteiger partial charge in [0.2, 0.25) is 0 Å². The third-order valence-electron chi connectivity index (χ3n) is 3.07. The van der Waals surface area contributed by atoms with Crippen LogP contribution in [0.2, 0.25) is 0 Å². The van der Waals surface area contributed by atoms with Crippen LogP contribution in [0.5, 0.6) is 0 Å². The fourth-order valence-corrected chi connectivity index (χ4v) is 1.40. The summed E-state index contributed by atoms with van der Waals surface area (Å²) >= 11 is 0. The Morgan fingerprint density at radius 1 is 1.32 bits per heavy atom. The molecule has 0 bridgehead atoms. The van der Waals surface area contributed by atoms with Crippen molar-refractivity contribution in [2.24, 2.45) is 11.8 Å². The van der Waals surface area contributed by atoms with Gasteiger partial charge in [-0.1, -0.05) is 20.8 Å². The van der Waals surface area contributed by atoms with Crippen LogP contribution < -0.4 is 5.73 Å². The maximum Gasteiger partial charge on any atom is 0.347 e. The first kappa shape index (κ1) is 15.1. The van der Waals surface area contributed by atoms with Crippen LogP contribution >= 0.6 is 0 Å². The van der Waals surface area contributed by atoms with Gasteiger partial charge in [0.1, 0.15) is 5.82 Å². The topological polar surface area (TPSA) is 69.4 Å². The molecule has 0 spiro atoms. The normalized spacial score (nSPS) is 12.3. The zero-order chi connectivity index (χ0) is 14.6. The van der Waals surface area contributed by atoms with E-state index < -0.39 is 17.8 Å². The molecule has 0 amide bonds. The highest BCUT2D eigenvalue weighted by atomic mass is 19.1. The van der Waals surface area contributed by atoms with E-state index in [0.29, 0.717) is 5.92 Å². The van der Waals surface area contributed by atoms with Crippen molar-refractivity contribution in [3.05, 3.63) is 29.6 Å². The summed E-state index contributed by atoms with van der Waals surface area (Å²) < 4.78 is 17.7. The third kappa shape index (κ3) is 4.35. The number of carbonyl (C=O) groups is 2. The summed E-state index contributed by atoms with van der Waals surface area (Å²) in [6.07, 6.45) is 0.138. The third-order valence-corrected chi connectivity index (χ3v) is 3.07. The molecule has 0 saturated carbocycles. The number of nitrogens with two attached hydrogens (primary N) is 1. The molecule has 0 aliphatic heterocycles. The van der Waals surface area contributed by atoms with E-state index in [2.05, 4.69) is 4.74 Å². The van der Waals surface area contributed by atoms with E-state index in [-0.39, 0.29) is 23.6 Å². The zero-order valence-corrected chi connectivity index (χ0v) is 11.3. The first-order valence-corrected chi connectivity index (χ1v) is 6.11. The van der Waals surface area contributed by atoms with Gasteiger partial charge in [-0.2, -0.15) is 0 Å². The van der Waals surface area contributed by atoms with Crippen molar-refractivity contribution < 1.29 is 18.7 Å². The van der Waals surface area contributed by atoms with Crippen molar-refractivity contribution in [1.29, 1.82) is 0 Å². The predicted molar refractivity (Wildman–Crippen MR) is 69.9 cm³/mol. The number of halogens is 1. The number of anilines is 1. The summed E-state index contributed by atoms with van der Waals surface area (Å²) in [6, 6.07) is 3.35. The fraction of sp³-hybridized carbons (Fsp3) is 0.429. The molecule has 4 nitrogen and oxygen atoms in total. The van der Waals surface area contributed by atoms with Crippen LogP contribution in [0.1, 0.15) is 37.6 Å². The first-order chi connectivity index (χ1) is 8.81. The van der Waals surface area contributed by atoms with Crippen molar-refractivity contribution in [2.75, 3.05) is 5.73 Å². The van der Waals surface area contributed by atoms with Crippen LogP contribution in [0.25, 0.3) is 0 Å². The van der Waals surface area contributed by atoms with Crippen LogP contribution in [0.15, 0.2) is 18.2 Å². The summed E-state index contributed by atoms with van der Waals surface area (Å²) in [5, 5.41) is 0. The SMILES string of the molecule is CC(C)C(C)CC(=O)OC(=O)c1cc(F)ccc1N. The van der Waals surface area contributed by atoms with Crippen LogP contribution in [0, 0.1) is 17.7 Å². The molecule has 0 heterocycles. The van der Waals surface area contributed by atoms with Crippen LogP contribution in [0.3, 0.4) is 0 Å². The smallest absolute Gasteiger partial charge is 0.347 e. The van der Waals surface area contributed by atoms with Gasteiger partial charge >= 0.3 is 11.9 Å². The van der Waals surface area contributed by atoms with E-state index in [4.69, 9.17) is 5.73 Å². The molecule has 0 fully saturated rings. The molecule has 0 saturated heterocycles. The molecule has 0 aliphatic carbocycles. The molecule has 1 unspecified atom stereocenters. The Morgan fingerprint density at radius 2 is 1.95 bits per heavy atom. The number of hydrogen-bond acceptors (Lipinski definition) is 4. The van der Waals surface area contributed by atoms with Gasteiger partial charge in [-0.25, -0.2) is 9.18 Å². The molecule has 5 heteroatoms. The average molecular weight is 267 g/mol. The maximum atomic E-state index is 13.0. The van der Waals surface area contributed by atoms with E-state index >= 15 is 0 Å². The number of benzene rings is 1. The number of ether oxygens (including phenoxy) is 1. The minimum absolute atomic E-state index is 0.0797. The Hall–Kier alpha value is -1.91. The quantitative estimate of drug-likeness (QED) is 0.517. The molecule has 19 heavy (non-hydrogen) atoms. The first-order valence-electron chi connectivity index (χ1n) is 6.11. The minimum atomic E-state index is -0.919. The Bertz CT molecular complexity index is 486. The molecule has 1 aromatic rings. The van der Waals surface area contributed by atoms with E-state index in [0.717, 1.165) is 12.1 Å². The van der Waals surface area contributed by atoms with Crippen LogP contribution in [-0.4, -0.2) is 11.9 Å². The van der Waals surface area contributed by atoms with Gasteiger partial charge in [0.15, 0.2) is 0 Å². The highest BCUT2D eigenvalue weighted by Crippen LogP contribution is 2.17. The maximum absolute atomic E-state index is 13.0. The second-order valence-corrected chi connectivity index (χ2v) is 4.92. The lowest BCUT2D eigenvalue weighted by Crippen LogP contribution is -2.18. The van der Waals surface area contributed by atoms with Crippen molar-refractivity contribution in [3.63, 3.8) is 0 Å². The van der Waals surface area contributed by atoms with Gasteiger partial charge in [0.25, 0.3) is 0 Å². The van der Waals surface area contributed by atoms with Crippen LogP contribution in [-0.2, 0) is 9.53 Å². The summed E-state index contributed by atoms with van der Waals surface area (Å²) in [5.41, 5.74) is 5.48. The summed E-state index contributed by atoms with van der Waals surface area (Å²) in [4.78, 5) is 23.3. The molecular weight excluding hydrogens is 249 g/mol. The van der Waals surface area contributed by atoms with E-state index in [9.17, 15) is 14.0 Å². The zero-order valence-electron chi connectivity index (χ0n) is 11.3. The molecule has 1 atom stereocenters. The van der Waals surface area contributed by atoms with Crippen molar-refractivity contribution in [1.82, 2.24) is 0 Å². The van der Waals surface area contributed by atoms with E-state index in [1.807, 2.05) is 20.8 Å². The Kier molecular flexibility index (Phi) is 5.03. The van der Waals surface area contributed by atoms with E-state index in [1.54, 1.807) is 0 Å². The van der Waals surface area contributed by atoms with Crippen molar-refractivity contribution in [3.8, 4) is 0 Å². The monoisotopic (exact) mass is 267 g/mol. The van der Waals surface area contributed by atoms with Gasteiger partial charge in [-0.05, 0) is 30.0 Å². The molecular formula is C14H18FNO3. The lowest BCUT2D eigenvalue weighted by Gasteiger charge is -2.13. The Balaban J connectivity index is 2.69. The highest BCUT2D eigenvalue weighted by molar-refractivity contribution is 6.00. The van der Waals surface area contributed by atoms with Gasteiger partial charge in [-0.15, -0.1) is 0 Å². The molecule has 1 aromatic carbocycles. The number of carbonyl (C=O) groups excluding carboxylic acids is 2. The van der Waals surface area contributed by atoms with Crippen LogP contribution in [0.4, 0.5) is 10.1 Å². The number of rotatable bonds is 4. The summed E-state index contributed by atoms with van der Waals surface area (Å²) in [6.45, 7) is 5.85. The molecule has 0 aliphatic rings. The molecule has 0 aromatic heterocycles. The van der Waals surface area contributed by atoms with Gasteiger partial charge in [-0.3, -0.25) is 4.79 Å². The van der Waals surface area contributed by atoms with Crippen molar-refractivity contribution in [2.45, 2.75) is 27.2 Å². The second kappa shape index (κ2) is 6.31. The lowest BCUT2D eigenvalue weighted by atomic mass is 9.95. The largest absolute Gasteiger partial charge is 0.398 e. The highest BCUT2D eigenvalue weighted by Gasteiger charge is 2.19. The fourth-order valence-electron chi connectivity index (χ4n) is 1.40. The minimum Gasteiger partial charge on any atom is -0.398 e. The molecule has 2 N–H and O–H groups in total. The standard InChI is InChI=1S/C14H18FNO3/c1-8(2)9(3)6-13(17)19-14(18)11-7-10(15)4-5-12(11)16/h4-5,7-9H,6,16H2,1-3H3. The van der Waals surface area contributed by atoms with Gasteiger partial charge < -0.3 is 10.5 Å². The number of esters is 2. The number of hydrogen-bond donors (Lipinski definition) is 1. The summed E-state index contributed by atoms with van der Waals surface area (Å²) in [7, 11) is 0. The molecule has 0 radical (unpaired) electrons. The molecule has 104 valence electrons. The Labute approximate surface area is 111 Å². The molecule has 1 rings (SSSR count). The Morgan fingerprint density at radius 3 is 2.53 bits per heavy atom. The predicted octanol–water partition coefficient (Wildman–Crippen LogP) is 2.77. The van der Waals surface area contributed by atoms with Gasteiger partial charge in [0.05, 0.1) is 5.56 Å². The van der Waals surface area contributed by atoms with Crippen molar-refractivity contribution >= 4 is 17.6 Å². The second-order valence-electron chi connectivity index (χ2n) is 4.92. The number of nitrogen functional groups attached to an aromatic ring is 1. The van der Waals surface area contributed by atoms with Gasteiger partial charge in [0, 0.05) is 12.1 Å².